The number of nitrogens with zero attached hydrogens (tertiary/aromatic N) is 1. The van der Waals surface area contributed by atoms with E-state index in [1.807, 2.05) is 0 Å². The van der Waals surface area contributed by atoms with Crippen molar-refractivity contribution in [1.82, 2.24) is 4.90 Å². The summed E-state index contributed by atoms with van der Waals surface area (Å²) in [5, 5.41) is 0. The first-order valence-electron chi connectivity index (χ1n) is 7.72. The molecule has 112 valence electrons. The van der Waals surface area contributed by atoms with E-state index in [1.165, 1.54) is 31.2 Å². The highest BCUT2D eigenvalue weighted by Gasteiger charge is 2.29. The summed E-state index contributed by atoms with van der Waals surface area (Å²) in [4.78, 5) is 2.51. The maximum Gasteiger partial charge on any atom is 0.0496 e. The van der Waals surface area contributed by atoms with Crippen LogP contribution in [0.2, 0.25) is 0 Å². The van der Waals surface area contributed by atoms with Gasteiger partial charge in [0, 0.05) is 22.6 Å². The number of hydrogen-bond donors (Lipinski definition) is 1. The number of rotatable bonds is 4. The quantitative estimate of drug-likeness (QED) is 0.884. The third-order valence-corrected chi connectivity index (χ3v) is 5.18. The van der Waals surface area contributed by atoms with Gasteiger partial charge in [0.2, 0.25) is 0 Å². The monoisotopic (exact) mass is 338 g/mol. The van der Waals surface area contributed by atoms with Crippen LogP contribution >= 0.6 is 15.9 Å². The van der Waals surface area contributed by atoms with E-state index in [4.69, 9.17) is 5.73 Å². The number of nitrogens with two attached hydrogens (primary N) is 1. The third kappa shape index (κ3) is 3.84. The van der Waals surface area contributed by atoms with E-state index in [9.17, 15) is 0 Å². The van der Waals surface area contributed by atoms with Crippen molar-refractivity contribution in [2.45, 2.75) is 57.7 Å². The van der Waals surface area contributed by atoms with Crippen LogP contribution in [0.25, 0.3) is 0 Å². The summed E-state index contributed by atoms with van der Waals surface area (Å²) in [6.45, 7) is 4.49. The van der Waals surface area contributed by atoms with E-state index in [2.05, 4.69) is 66.0 Å². The molecule has 20 heavy (non-hydrogen) atoms. The van der Waals surface area contributed by atoms with Crippen molar-refractivity contribution >= 4 is 15.9 Å². The van der Waals surface area contributed by atoms with Gasteiger partial charge >= 0.3 is 0 Å². The van der Waals surface area contributed by atoms with Gasteiger partial charge in [-0.2, -0.15) is 0 Å². The molecular formula is C17H27BrN2. The average Bonchev–Trinajstić information content (AvgIpc) is 2.39. The van der Waals surface area contributed by atoms with Gasteiger partial charge in [0.1, 0.15) is 0 Å². The zero-order valence-corrected chi connectivity index (χ0v) is 14.4. The topological polar surface area (TPSA) is 29.3 Å². The van der Waals surface area contributed by atoms with Crippen molar-refractivity contribution in [3.63, 3.8) is 0 Å². The molecule has 0 heterocycles. The molecule has 0 aromatic heterocycles. The first kappa shape index (κ1) is 16.0. The summed E-state index contributed by atoms with van der Waals surface area (Å²) in [7, 11) is 2.25. The third-order valence-electron chi connectivity index (χ3n) is 4.69. The minimum Gasteiger partial charge on any atom is -0.326 e. The number of hydrogen-bond acceptors (Lipinski definition) is 2. The fourth-order valence-electron chi connectivity index (χ4n) is 3.48. The second-order valence-corrected chi connectivity index (χ2v) is 7.35. The van der Waals surface area contributed by atoms with Gasteiger partial charge < -0.3 is 5.73 Å². The molecule has 2 atom stereocenters. The van der Waals surface area contributed by atoms with E-state index in [-0.39, 0.29) is 6.04 Å². The van der Waals surface area contributed by atoms with Crippen molar-refractivity contribution in [1.29, 1.82) is 0 Å². The highest BCUT2D eigenvalue weighted by Crippen LogP contribution is 2.33. The zero-order valence-electron chi connectivity index (χ0n) is 12.8. The molecule has 1 aliphatic rings. The lowest BCUT2D eigenvalue weighted by molar-refractivity contribution is 0.111. The lowest BCUT2D eigenvalue weighted by atomic mass is 9.85. The summed E-state index contributed by atoms with van der Waals surface area (Å²) in [6, 6.07) is 9.67. The average molecular weight is 339 g/mol. The molecular weight excluding hydrogens is 312 g/mol. The fraction of sp³-hybridized carbons (Fsp3) is 0.647. The van der Waals surface area contributed by atoms with Crippen molar-refractivity contribution in [2.24, 2.45) is 11.7 Å². The largest absolute Gasteiger partial charge is 0.326 e. The molecule has 2 N–H and O–H groups in total. The molecule has 1 aromatic rings. The van der Waals surface area contributed by atoms with Crippen molar-refractivity contribution in [3.05, 3.63) is 34.3 Å². The highest BCUT2D eigenvalue weighted by atomic mass is 79.9. The van der Waals surface area contributed by atoms with E-state index in [0.29, 0.717) is 12.1 Å². The van der Waals surface area contributed by atoms with Gasteiger partial charge in [-0.25, -0.2) is 0 Å². The van der Waals surface area contributed by atoms with Gasteiger partial charge in [0.15, 0.2) is 0 Å². The summed E-state index contributed by atoms with van der Waals surface area (Å²) < 4.78 is 1.13. The van der Waals surface area contributed by atoms with E-state index < -0.39 is 0 Å². The summed E-state index contributed by atoms with van der Waals surface area (Å²) in [6.07, 6.45) is 5.29. The zero-order chi connectivity index (χ0) is 14.7. The Hall–Kier alpha value is -0.380. The standard InChI is InChI=1S/C17H27BrN2/c1-12-7-9-16(10-8-12)20(3)17(13(2)19)14-5-4-6-15(18)11-14/h4-6,11-13,16-17H,7-10,19H2,1-3H3. The maximum absolute atomic E-state index is 6.30. The number of likely N-dealkylation sites (N-methyl/N-ethyl adjacent to an activating group) is 1. The molecule has 0 radical (unpaired) electrons. The molecule has 1 aromatic carbocycles. The molecule has 0 amide bonds. The Morgan fingerprint density at radius 1 is 1.25 bits per heavy atom. The minimum absolute atomic E-state index is 0.133. The molecule has 2 rings (SSSR count). The van der Waals surface area contributed by atoms with Crippen LogP contribution < -0.4 is 5.73 Å². The molecule has 0 spiro atoms. The molecule has 2 unspecified atom stereocenters. The molecule has 0 bridgehead atoms. The Morgan fingerprint density at radius 3 is 2.45 bits per heavy atom. The van der Waals surface area contributed by atoms with E-state index in [1.54, 1.807) is 0 Å². The lowest BCUT2D eigenvalue weighted by Gasteiger charge is -2.40. The van der Waals surface area contributed by atoms with Crippen LogP contribution in [0.3, 0.4) is 0 Å². The first-order valence-corrected chi connectivity index (χ1v) is 8.51. The Bertz CT molecular complexity index is 425. The Labute approximate surface area is 131 Å². The summed E-state index contributed by atoms with van der Waals surface area (Å²) >= 11 is 3.57. The molecule has 1 aliphatic carbocycles. The highest BCUT2D eigenvalue weighted by molar-refractivity contribution is 9.10. The Kier molecular flexibility index (Phi) is 5.65. The summed E-state index contributed by atoms with van der Waals surface area (Å²) in [5.41, 5.74) is 7.61. The molecule has 2 nitrogen and oxygen atoms in total. The van der Waals surface area contributed by atoms with E-state index >= 15 is 0 Å². The smallest absolute Gasteiger partial charge is 0.0496 e. The normalized spacial score (nSPS) is 26.5. The first-order chi connectivity index (χ1) is 9.49. The van der Waals surface area contributed by atoms with Gasteiger partial charge in [-0.05, 0) is 63.3 Å². The van der Waals surface area contributed by atoms with Crippen LogP contribution in [0.5, 0.6) is 0 Å². The lowest BCUT2D eigenvalue weighted by Crippen LogP contribution is -2.44. The fourth-order valence-corrected chi connectivity index (χ4v) is 3.89. The Morgan fingerprint density at radius 2 is 1.90 bits per heavy atom. The van der Waals surface area contributed by atoms with Crippen LogP contribution in [-0.4, -0.2) is 24.0 Å². The minimum atomic E-state index is 0.133. The predicted octanol–water partition coefficient (Wildman–Crippen LogP) is 4.35. The second kappa shape index (κ2) is 7.06. The van der Waals surface area contributed by atoms with Crippen LogP contribution in [0, 0.1) is 5.92 Å². The van der Waals surface area contributed by atoms with Crippen molar-refractivity contribution in [2.75, 3.05) is 7.05 Å². The van der Waals surface area contributed by atoms with Gasteiger partial charge in [-0.1, -0.05) is 35.0 Å². The van der Waals surface area contributed by atoms with Crippen LogP contribution in [0.15, 0.2) is 28.7 Å². The second-order valence-electron chi connectivity index (χ2n) is 6.44. The molecule has 1 fully saturated rings. The molecule has 0 aliphatic heterocycles. The van der Waals surface area contributed by atoms with Crippen LogP contribution in [-0.2, 0) is 0 Å². The predicted molar refractivity (Wildman–Crippen MR) is 89.7 cm³/mol. The van der Waals surface area contributed by atoms with Crippen LogP contribution in [0.1, 0.15) is 51.1 Å². The van der Waals surface area contributed by atoms with Crippen molar-refractivity contribution in [3.8, 4) is 0 Å². The molecule has 3 heteroatoms. The Balaban J connectivity index is 2.16. The molecule has 0 saturated heterocycles. The van der Waals surface area contributed by atoms with Gasteiger partial charge in [-0.3, -0.25) is 4.90 Å². The van der Waals surface area contributed by atoms with E-state index in [0.717, 1.165) is 10.4 Å². The number of halogens is 1. The molecule has 1 saturated carbocycles. The van der Waals surface area contributed by atoms with Gasteiger partial charge in [-0.15, -0.1) is 0 Å². The number of benzene rings is 1. The van der Waals surface area contributed by atoms with Gasteiger partial charge in [0.05, 0.1) is 0 Å². The van der Waals surface area contributed by atoms with Gasteiger partial charge in [0.25, 0.3) is 0 Å². The van der Waals surface area contributed by atoms with Crippen LogP contribution in [0.4, 0.5) is 0 Å². The SMILES string of the molecule is CC1CCC(N(C)C(c2cccc(Br)c2)C(C)N)CC1. The summed E-state index contributed by atoms with van der Waals surface area (Å²) in [5.74, 6) is 0.888. The van der Waals surface area contributed by atoms with Crippen molar-refractivity contribution < 1.29 is 0 Å². The maximum atomic E-state index is 6.30.